The van der Waals surface area contributed by atoms with Crippen molar-refractivity contribution in [3.05, 3.63) is 35.9 Å². The fourth-order valence-electron chi connectivity index (χ4n) is 4.47. The van der Waals surface area contributed by atoms with Gasteiger partial charge in [-0.3, -0.25) is 0 Å². The molecular formula is C22H35NO. The first-order valence-corrected chi connectivity index (χ1v) is 9.89. The van der Waals surface area contributed by atoms with Crippen LogP contribution in [0.3, 0.4) is 0 Å². The van der Waals surface area contributed by atoms with Gasteiger partial charge in [0.25, 0.3) is 0 Å². The van der Waals surface area contributed by atoms with Gasteiger partial charge in [-0.2, -0.15) is 0 Å². The van der Waals surface area contributed by atoms with Crippen LogP contribution >= 0.6 is 0 Å². The van der Waals surface area contributed by atoms with Crippen LogP contribution in [-0.4, -0.2) is 31.1 Å². The molecule has 2 heteroatoms. The molecule has 24 heavy (non-hydrogen) atoms. The summed E-state index contributed by atoms with van der Waals surface area (Å²) in [7, 11) is 0. The Labute approximate surface area is 148 Å². The van der Waals surface area contributed by atoms with Gasteiger partial charge >= 0.3 is 0 Å². The quantitative estimate of drug-likeness (QED) is 0.654. The minimum atomic E-state index is 0.485. The maximum Gasteiger partial charge on any atom is 0.0716 e. The first-order valence-electron chi connectivity index (χ1n) is 9.89. The lowest BCUT2D eigenvalue weighted by Crippen LogP contribution is -2.51. The molecule has 2 fully saturated rings. The molecule has 2 aliphatic rings. The average Bonchev–Trinajstić information content (AvgIpc) is 2.59. The molecule has 0 bridgehead atoms. The van der Waals surface area contributed by atoms with Crippen LogP contribution in [0.2, 0.25) is 0 Å². The van der Waals surface area contributed by atoms with Crippen LogP contribution in [0, 0.1) is 23.2 Å². The van der Waals surface area contributed by atoms with Gasteiger partial charge in [0.1, 0.15) is 0 Å². The molecular weight excluding hydrogens is 294 g/mol. The highest BCUT2D eigenvalue weighted by Gasteiger charge is 2.47. The first kappa shape index (κ1) is 17.9. The lowest BCUT2D eigenvalue weighted by Gasteiger charge is -2.54. The largest absolute Gasteiger partial charge is 0.377 e. The maximum atomic E-state index is 5.91. The number of benzene rings is 1. The number of hydrogen-bond acceptors (Lipinski definition) is 2. The molecule has 0 radical (unpaired) electrons. The Morgan fingerprint density at radius 3 is 2.46 bits per heavy atom. The van der Waals surface area contributed by atoms with Gasteiger partial charge in [0.05, 0.1) is 6.61 Å². The molecule has 2 nitrogen and oxygen atoms in total. The van der Waals surface area contributed by atoms with E-state index in [0.717, 1.165) is 31.0 Å². The van der Waals surface area contributed by atoms with Crippen LogP contribution in [0.25, 0.3) is 0 Å². The van der Waals surface area contributed by atoms with E-state index in [1.165, 1.54) is 50.9 Å². The van der Waals surface area contributed by atoms with Gasteiger partial charge in [0.15, 0.2) is 0 Å². The lowest BCUT2D eigenvalue weighted by molar-refractivity contribution is -0.0602. The molecule has 1 aliphatic heterocycles. The zero-order valence-electron chi connectivity index (χ0n) is 15.8. The Kier molecular flexibility index (Phi) is 5.99. The molecule has 1 unspecified atom stereocenters. The van der Waals surface area contributed by atoms with E-state index in [1.54, 1.807) is 0 Å². The predicted octanol–water partition coefficient (Wildman–Crippen LogP) is 4.99. The van der Waals surface area contributed by atoms with E-state index in [4.69, 9.17) is 4.74 Å². The summed E-state index contributed by atoms with van der Waals surface area (Å²) in [5, 5.41) is 0. The molecule has 134 valence electrons. The van der Waals surface area contributed by atoms with Gasteiger partial charge in [-0.1, -0.05) is 51.1 Å². The number of piperidine rings is 1. The van der Waals surface area contributed by atoms with E-state index in [2.05, 4.69) is 56.0 Å². The molecule has 1 saturated carbocycles. The Morgan fingerprint density at radius 1 is 1.08 bits per heavy atom. The van der Waals surface area contributed by atoms with Gasteiger partial charge in [-0.05, 0) is 67.5 Å². The summed E-state index contributed by atoms with van der Waals surface area (Å²) < 4.78 is 5.91. The Bertz CT molecular complexity index is 490. The molecule has 1 aliphatic carbocycles. The van der Waals surface area contributed by atoms with Crippen molar-refractivity contribution in [2.75, 3.05) is 26.2 Å². The average molecular weight is 330 g/mol. The van der Waals surface area contributed by atoms with Crippen LogP contribution in [0.15, 0.2) is 30.3 Å². The van der Waals surface area contributed by atoms with Crippen molar-refractivity contribution >= 4 is 0 Å². The lowest BCUT2D eigenvalue weighted by atomic mass is 9.53. The molecule has 2 atom stereocenters. The van der Waals surface area contributed by atoms with Crippen LogP contribution in [0.1, 0.15) is 52.0 Å². The van der Waals surface area contributed by atoms with Crippen molar-refractivity contribution in [1.82, 2.24) is 4.90 Å². The van der Waals surface area contributed by atoms with Crippen molar-refractivity contribution < 1.29 is 4.74 Å². The zero-order valence-corrected chi connectivity index (χ0v) is 15.8. The van der Waals surface area contributed by atoms with Crippen molar-refractivity contribution in [3.8, 4) is 0 Å². The van der Waals surface area contributed by atoms with E-state index in [1.807, 2.05) is 0 Å². The maximum absolute atomic E-state index is 5.91. The Balaban J connectivity index is 1.35. The summed E-state index contributed by atoms with van der Waals surface area (Å²) in [4.78, 5) is 2.72. The van der Waals surface area contributed by atoms with Crippen molar-refractivity contribution in [3.63, 3.8) is 0 Å². The highest BCUT2D eigenvalue weighted by atomic mass is 16.5. The summed E-state index contributed by atoms with van der Waals surface area (Å²) in [5.41, 5.74) is 1.77. The monoisotopic (exact) mass is 329 g/mol. The molecule has 1 aromatic carbocycles. The first-order chi connectivity index (χ1) is 11.6. The Morgan fingerprint density at radius 2 is 1.79 bits per heavy atom. The van der Waals surface area contributed by atoms with Gasteiger partial charge < -0.3 is 9.64 Å². The molecule has 0 amide bonds. The van der Waals surface area contributed by atoms with Gasteiger partial charge in [-0.25, -0.2) is 0 Å². The SMILES string of the molecule is CC1CCN(CC2C[C@H](CCOCc3ccccc3)C2(C)C)CC1. The predicted molar refractivity (Wildman–Crippen MR) is 101 cm³/mol. The minimum Gasteiger partial charge on any atom is -0.377 e. The molecule has 3 rings (SSSR count). The topological polar surface area (TPSA) is 12.5 Å². The second-order valence-corrected chi connectivity index (χ2v) is 8.76. The molecule has 0 aromatic heterocycles. The number of likely N-dealkylation sites (tertiary alicyclic amines) is 1. The van der Waals surface area contributed by atoms with Crippen molar-refractivity contribution in [2.24, 2.45) is 23.2 Å². The highest BCUT2D eigenvalue weighted by molar-refractivity contribution is 5.13. The number of hydrogen-bond donors (Lipinski definition) is 0. The highest BCUT2D eigenvalue weighted by Crippen LogP contribution is 2.53. The van der Waals surface area contributed by atoms with E-state index >= 15 is 0 Å². The normalized spacial score (nSPS) is 27.8. The third-order valence-electron chi connectivity index (χ3n) is 6.75. The minimum absolute atomic E-state index is 0.485. The van der Waals surface area contributed by atoms with Gasteiger partial charge in [0, 0.05) is 13.2 Å². The summed E-state index contributed by atoms with van der Waals surface area (Å²) >= 11 is 0. The van der Waals surface area contributed by atoms with Crippen LogP contribution in [-0.2, 0) is 11.3 Å². The molecule has 0 spiro atoms. The standard InChI is InChI=1S/C22H35NO/c1-18-9-12-23(13-10-18)16-21-15-20(22(21,2)3)11-14-24-17-19-7-5-4-6-8-19/h4-8,18,20-21H,9-17H2,1-3H3/t20-,21?/m0/s1. The molecule has 1 aromatic rings. The van der Waals surface area contributed by atoms with Crippen LogP contribution < -0.4 is 0 Å². The van der Waals surface area contributed by atoms with Crippen LogP contribution in [0.5, 0.6) is 0 Å². The van der Waals surface area contributed by atoms with E-state index < -0.39 is 0 Å². The smallest absolute Gasteiger partial charge is 0.0716 e. The summed E-state index contributed by atoms with van der Waals surface area (Å²) in [6, 6.07) is 10.5. The molecule has 1 heterocycles. The fourth-order valence-corrected chi connectivity index (χ4v) is 4.47. The van der Waals surface area contributed by atoms with Crippen molar-refractivity contribution in [1.29, 1.82) is 0 Å². The fraction of sp³-hybridized carbons (Fsp3) is 0.727. The summed E-state index contributed by atoms with van der Waals surface area (Å²) in [6.45, 7) is 13.0. The van der Waals surface area contributed by atoms with E-state index in [-0.39, 0.29) is 0 Å². The van der Waals surface area contributed by atoms with E-state index in [9.17, 15) is 0 Å². The number of nitrogens with zero attached hydrogens (tertiary/aromatic N) is 1. The summed E-state index contributed by atoms with van der Waals surface area (Å²) in [6.07, 6.45) is 5.40. The van der Waals surface area contributed by atoms with Crippen LogP contribution in [0.4, 0.5) is 0 Å². The number of rotatable bonds is 7. The second-order valence-electron chi connectivity index (χ2n) is 8.76. The van der Waals surface area contributed by atoms with Gasteiger partial charge in [0.2, 0.25) is 0 Å². The number of ether oxygens (including phenoxy) is 1. The van der Waals surface area contributed by atoms with Gasteiger partial charge in [-0.15, -0.1) is 0 Å². The third-order valence-corrected chi connectivity index (χ3v) is 6.75. The second kappa shape index (κ2) is 8.01. The van der Waals surface area contributed by atoms with Crippen molar-refractivity contribution in [2.45, 2.75) is 53.1 Å². The zero-order chi connectivity index (χ0) is 17.0. The summed E-state index contributed by atoms with van der Waals surface area (Å²) in [5.74, 6) is 2.65. The van der Waals surface area contributed by atoms with E-state index in [0.29, 0.717) is 5.41 Å². The molecule has 0 N–H and O–H groups in total. The molecule has 1 saturated heterocycles. The third kappa shape index (κ3) is 4.40. The Hall–Kier alpha value is -0.860.